The number of ether oxygens (including phenoxy) is 1. The molecule has 0 radical (unpaired) electrons. The van der Waals surface area contributed by atoms with Crippen LogP contribution < -0.4 is 10.6 Å². The number of carbonyl (C=O) groups is 3. The van der Waals surface area contributed by atoms with Gasteiger partial charge < -0.3 is 15.4 Å². The first-order chi connectivity index (χ1) is 12.1. The van der Waals surface area contributed by atoms with Gasteiger partial charge in [0.2, 0.25) is 5.91 Å². The van der Waals surface area contributed by atoms with Crippen molar-refractivity contribution in [3.05, 3.63) is 47.5 Å². The highest BCUT2D eigenvalue weighted by molar-refractivity contribution is 5.99. The second-order valence-electron chi connectivity index (χ2n) is 5.93. The molecule has 1 aromatic carbocycles. The summed E-state index contributed by atoms with van der Waals surface area (Å²) in [6, 6.07) is 7.10. The summed E-state index contributed by atoms with van der Waals surface area (Å²) in [4.78, 5) is 34.6. The van der Waals surface area contributed by atoms with Gasteiger partial charge in [0.25, 0.3) is 5.91 Å². The van der Waals surface area contributed by atoms with Gasteiger partial charge in [-0.15, -0.1) is 0 Å². The SMILES string of the molecule is COC(=O)CCCCCCNC(=O)C=CC1NC(=O)c2ccccc21. The fourth-order valence-electron chi connectivity index (χ4n) is 2.73. The van der Waals surface area contributed by atoms with Crippen molar-refractivity contribution in [3.8, 4) is 0 Å². The molecule has 2 rings (SSSR count). The first-order valence-electron chi connectivity index (χ1n) is 8.54. The van der Waals surface area contributed by atoms with Crippen LogP contribution in [0, 0.1) is 0 Å². The van der Waals surface area contributed by atoms with Crippen LogP contribution in [0.1, 0.15) is 54.1 Å². The molecule has 2 amide bonds. The lowest BCUT2D eigenvalue weighted by atomic mass is 10.0. The lowest BCUT2D eigenvalue weighted by molar-refractivity contribution is -0.140. The highest BCUT2D eigenvalue weighted by Gasteiger charge is 2.25. The normalized spacial score (nSPS) is 15.7. The van der Waals surface area contributed by atoms with Crippen LogP contribution in [0.4, 0.5) is 0 Å². The summed E-state index contributed by atoms with van der Waals surface area (Å²) in [5.41, 5.74) is 1.55. The number of benzene rings is 1. The highest BCUT2D eigenvalue weighted by atomic mass is 16.5. The number of rotatable bonds is 9. The van der Waals surface area contributed by atoms with Gasteiger partial charge in [0.05, 0.1) is 13.2 Å². The maximum Gasteiger partial charge on any atom is 0.305 e. The van der Waals surface area contributed by atoms with Gasteiger partial charge in [-0.3, -0.25) is 14.4 Å². The number of nitrogens with one attached hydrogen (secondary N) is 2. The van der Waals surface area contributed by atoms with E-state index in [-0.39, 0.29) is 23.8 Å². The van der Waals surface area contributed by atoms with E-state index in [0.29, 0.717) is 18.5 Å². The molecule has 0 aliphatic carbocycles. The van der Waals surface area contributed by atoms with Crippen LogP contribution >= 0.6 is 0 Å². The Labute approximate surface area is 147 Å². The van der Waals surface area contributed by atoms with Crippen molar-refractivity contribution >= 4 is 17.8 Å². The second-order valence-corrected chi connectivity index (χ2v) is 5.93. The van der Waals surface area contributed by atoms with Gasteiger partial charge >= 0.3 is 5.97 Å². The number of hydrogen-bond donors (Lipinski definition) is 2. The predicted molar refractivity (Wildman–Crippen MR) is 93.9 cm³/mol. The minimum absolute atomic E-state index is 0.113. The van der Waals surface area contributed by atoms with E-state index in [1.54, 1.807) is 12.1 Å². The van der Waals surface area contributed by atoms with Crippen molar-refractivity contribution in [2.24, 2.45) is 0 Å². The fourth-order valence-corrected chi connectivity index (χ4v) is 2.73. The van der Waals surface area contributed by atoms with Crippen LogP contribution in [-0.2, 0) is 14.3 Å². The molecule has 1 atom stereocenters. The maximum atomic E-state index is 11.8. The zero-order chi connectivity index (χ0) is 18.1. The van der Waals surface area contributed by atoms with Crippen molar-refractivity contribution in [1.82, 2.24) is 10.6 Å². The number of unbranched alkanes of at least 4 members (excludes halogenated alkanes) is 3. The van der Waals surface area contributed by atoms with Crippen LogP contribution in [0.2, 0.25) is 0 Å². The summed E-state index contributed by atoms with van der Waals surface area (Å²) >= 11 is 0. The zero-order valence-corrected chi connectivity index (χ0v) is 14.4. The maximum absolute atomic E-state index is 11.8. The summed E-state index contributed by atoms with van der Waals surface area (Å²) in [6.07, 6.45) is 7.17. The summed E-state index contributed by atoms with van der Waals surface area (Å²) in [5, 5.41) is 5.66. The molecule has 1 aliphatic rings. The molecule has 0 saturated heterocycles. The number of esters is 1. The van der Waals surface area contributed by atoms with Crippen LogP contribution in [0.15, 0.2) is 36.4 Å². The van der Waals surface area contributed by atoms with Gasteiger partial charge in [-0.2, -0.15) is 0 Å². The van der Waals surface area contributed by atoms with Gasteiger partial charge in [0, 0.05) is 24.6 Å². The van der Waals surface area contributed by atoms with Crippen molar-refractivity contribution in [2.45, 2.75) is 38.1 Å². The van der Waals surface area contributed by atoms with E-state index < -0.39 is 0 Å². The Morgan fingerprint density at radius 3 is 2.76 bits per heavy atom. The van der Waals surface area contributed by atoms with Crippen LogP contribution in [0.25, 0.3) is 0 Å². The average molecular weight is 344 g/mol. The Morgan fingerprint density at radius 1 is 1.20 bits per heavy atom. The van der Waals surface area contributed by atoms with Crippen molar-refractivity contribution in [1.29, 1.82) is 0 Å². The molecule has 2 N–H and O–H groups in total. The lowest BCUT2D eigenvalue weighted by Crippen LogP contribution is -2.23. The van der Waals surface area contributed by atoms with Crippen molar-refractivity contribution in [2.75, 3.05) is 13.7 Å². The molecular formula is C19H24N2O4. The van der Waals surface area contributed by atoms with Gasteiger partial charge in [0.1, 0.15) is 0 Å². The zero-order valence-electron chi connectivity index (χ0n) is 14.4. The molecule has 1 unspecified atom stereocenters. The van der Waals surface area contributed by atoms with E-state index in [4.69, 9.17) is 0 Å². The Bertz CT molecular complexity index is 655. The number of fused-ring (bicyclic) bond motifs is 1. The molecule has 134 valence electrons. The van der Waals surface area contributed by atoms with Crippen molar-refractivity contribution in [3.63, 3.8) is 0 Å². The number of carbonyl (C=O) groups excluding carboxylic acids is 3. The smallest absolute Gasteiger partial charge is 0.305 e. The first kappa shape index (κ1) is 18.7. The third kappa shape index (κ3) is 5.74. The molecule has 0 aromatic heterocycles. The van der Waals surface area contributed by atoms with E-state index in [9.17, 15) is 14.4 Å². The fraction of sp³-hybridized carbons (Fsp3) is 0.421. The topological polar surface area (TPSA) is 84.5 Å². The van der Waals surface area contributed by atoms with Gasteiger partial charge in [-0.1, -0.05) is 37.1 Å². The van der Waals surface area contributed by atoms with E-state index in [1.807, 2.05) is 18.2 Å². The predicted octanol–water partition coefficient (Wildman–Crippen LogP) is 2.27. The summed E-state index contributed by atoms with van der Waals surface area (Å²) < 4.78 is 4.58. The van der Waals surface area contributed by atoms with Gasteiger partial charge in [0.15, 0.2) is 0 Å². The Balaban J connectivity index is 1.64. The molecule has 1 heterocycles. The molecule has 1 aliphatic heterocycles. The third-order valence-corrected chi connectivity index (χ3v) is 4.10. The largest absolute Gasteiger partial charge is 0.469 e. The van der Waals surface area contributed by atoms with E-state index in [0.717, 1.165) is 31.2 Å². The molecule has 6 heteroatoms. The number of methoxy groups -OCH3 is 1. The molecule has 6 nitrogen and oxygen atoms in total. The second kappa shape index (κ2) is 9.61. The molecule has 0 saturated carbocycles. The summed E-state index contributed by atoms with van der Waals surface area (Å²) in [6.45, 7) is 0.592. The van der Waals surface area contributed by atoms with Crippen LogP contribution in [0.5, 0.6) is 0 Å². The third-order valence-electron chi connectivity index (χ3n) is 4.10. The number of amides is 2. The molecular weight excluding hydrogens is 320 g/mol. The summed E-state index contributed by atoms with van der Waals surface area (Å²) in [5.74, 6) is -0.468. The Hall–Kier alpha value is -2.63. The van der Waals surface area contributed by atoms with E-state index in [1.165, 1.54) is 13.2 Å². The Kier molecular flexibility index (Phi) is 7.19. The highest BCUT2D eigenvalue weighted by Crippen LogP contribution is 2.25. The quantitative estimate of drug-likeness (QED) is 0.409. The van der Waals surface area contributed by atoms with Crippen LogP contribution in [0.3, 0.4) is 0 Å². The lowest BCUT2D eigenvalue weighted by Gasteiger charge is -2.06. The minimum atomic E-state index is -0.257. The standard InChI is InChI=1S/C19H24N2O4/c1-25-18(23)10-4-2-3-7-13-20-17(22)12-11-16-14-8-5-6-9-15(14)19(24)21-16/h5-6,8-9,11-12,16H,2-4,7,10,13H2,1H3,(H,20,22)(H,21,24). The van der Waals surface area contributed by atoms with E-state index >= 15 is 0 Å². The first-order valence-corrected chi connectivity index (χ1v) is 8.54. The molecule has 1 aromatic rings. The Morgan fingerprint density at radius 2 is 1.96 bits per heavy atom. The van der Waals surface area contributed by atoms with Crippen molar-refractivity contribution < 1.29 is 19.1 Å². The molecule has 0 bridgehead atoms. The van der Waals surface area contributed by atoms with E-state index in [2.05, 4.69) is 15.4 Å². The summed E-state index contributed by atoms with van der Waals surface area (Å²) in [7, 11) is 1.39. The van der Waals surface area contributed by atoms with Gasteiger partial charge in [-0.25, -0.2) is 0 Å². The average Bonchev–Trinajstić information content (AvgIpc) is 2.95. The monoisotopic (exact) mass is 344 g/mol. The van der Waals surface area contributed by atoms with Gasteiger partial charge in [-0.05, 0) is 24.5 Å². The minimum Gasteiger partial charge on any atom is -0.469 e. The molecule has 0 fully saturated rings. The number of hydrogen-bond acceptors (Lipinski definition) is 4. The molecule has 25 heavy (non-hydrogen) atoms. The van der Waals surface area contributed by atoms with Crippen LogP contribution in [-0.4, -0.2) is 31.4 Å². The molecule has 0 spiro atoms.